The number of ether oxygens (including phenoxy) is 1. The van der Waals surface area contributed by atoms with Gasteiger partial charge in [-0.05, 0) is 138 Å². The first-order valence-corrected chi connectivity index (χ1v) is 19.2. The Morgan fingerprint density at radius 1 is 0.480 bits per heavy atom. The zero-order valence-corrected chi connectivity index (χ0v) is 30.1. The third-order valence-corrected chi connectivity index (χ3v) is 14.0. The second-order valence-corrected chi connectivity index (χ2v) is 17.7. The smallest absolute Gasteiger partial charge is 0.133 e. The molecule has 5 aromatic carbocycles. The molecule has 0 amide bonds. The minimum absolute atomic E-state index is 0.0170. The predicted molar refractivity (Wildman–Crippen MR) is 206 cm³/mol. The Hall–Kier alpha value is -4.30. The second-order valence-electron chi connectivity index (χ2n) is 17.7. The van der Waals surface area contributed by atoms with Gasteiger partial charge in [0.25, 0.3) is 0 Å². The SMILES string of the molecule is CC1(C)CCC(C)(C)c2cc(N(c3ccccc3)c3ccc4c(c3)Oc3cc(-c5ccccc5)ccc3C43C4CC5CC(C4)CC3C5)ccc21. The summed E-state index contributed by atoms with van der Waals surface area (Å²) in [5.74, 6) is 5.25. The van der Waals surface area contributed by atoms with Gasteiger partial charge in [-0.1, -0.05) is 100 Å². The highest BCUT2D eigenvalue weighted by Crippen LogP contribution is 2.69. The minimum Gasteiger partial charge on any atom is -0.457 e. The molecule has 0 saturated heterocycles. The molecule has 0 N–H and O–H groups in total. The monoisotopic (exact) mass is 655 g/mol. The summed E-state index contributed by atoms with van der Waals surface area (Å²) in [5.41, 5.74) is 12.2. The maximum Gasteiger partial charge on any atom is 0.133 e. The van der Waals surface area contributed by atoms with Gasteiger partial charge in [-0.2, -0.15) is 0 Å². The molecule has 1 spiro atoms. The van der Waals surface area contributed by atoms with E-state index in [2.05, 4.69) is 148 Å². The Kier molecular flexibility index (Phi) is 6.62. The number of nitrogens with zero attached hydrogens (tertiary/aromatic N) is 1. The molecule has 252 valence electrons. The van der Waals surface area contributed by atoms with Gasteiger partial charge in [0.05, 0.1) is 0 Å². The molecule has 1 heterocycles. The van der Waals surface area contributed by atoms with Crippen molar-refractivity contribution in [2.75, 3.05) is 4.90 Å². The van der Waals surface area contributed by atoms with Gasteiger partial charge in [0.15, 0.2) is 0 Å². The molecule has 1 aliphatic heterocycles. The van der Waals surface area contributed by atoms with Gasteiger partial charge in [0, 0.05) is 39.7 Å². The largest absolute Gasteiger partial charge is 0.457 e. The average molecular weight is 656 g/mol. The summed E-state index contributed by atoms with van der Waals surface area (Å²) in [6.45, 7) is 9.68. The van der Waals surface area contributed by atoms with Crippen molar-refractivity contribution in [2.24, 2.45) is 23.7 Å². The molecule has 11 rings (SSSR count). The van der Waals surface area contributed by atoms with E-state index in [0.717, 1.165) is 29.0 Å². The lowest BCUT2D eigenvalue weighted by molar-refractivity contribution is -0.0452. The van der Waals surface area contributed by atoms with Crippen LogP contribution in [0, 0.1) is 23.7 Å². The molecule has 4 fully saturated rings. The van der Waals surface area contributed by atoms with Crippen LogP contribution in [0.2, 0.25) is 0 Å². The molecule has 4 bridgehead atoms. The van der Waals surface area contributed by atoms with Crippen LogP contribution in [0.15, 0.2) is 115 Å². The van der Waals surface area contributed by atoms with E-state index in [0.29, 0.717) is 11.8 Å². The van der Waals surface area contributed by atoms with Crippen molar-refractivity contribution in [3.8, 4) is 22.6 Å². The van der Waals surface area contributed by atoms with E-state index in [9.17, 15) is 0 Å². The molecule has 0 radical (unpaired) electrons. The number of benzene rings is 5. The van der Waals surface area contributed by atoms with E-state index < -0.39 is 0 Å². The van der Waals surface area contributed by atoms with Crippen molar-refractivity contribution in [3.05, 3.63) is 138 Å². The molecule has 6 aliphatic rings. The normalized spacial score (nSPS) is 27.6. The summed E-state index contributed by atoms with van der Waals surface area (Å²) >= 11 is 0. The van der Waals surface area contributed by atoms with E-state index in [4.69, 9.17) is 4.74 Å². The second kappa shape index (κ2) is 10.8. The van der Waals surface area contributed by atoms with Crippen LogP contribution < -0.4 is 9.64 Å². The summed E-state index contributed by atoms with van der Waals surface area (Å²) in [5, 5.41) is 0. The van der Waals surface area contributed by atoms with E-state index in [1.807, 2.05) is 0 Å². The Morgan fingerprint density at radius 2 is 1.02 bits per heavy atom. The first-order valence-electron chi connectivity index (χ1n) is 19.2. The minimum atomic E-state index is 0.0170. The van der Waals surface area contributed by atoms with Crippen molar-refractivity contribution in [2.45, 2.75) is 88.9 Å². The van der Waals surface area contributed by atoms with Gasteiger partial charge in [-0.3, -0.25) is 0 Å². The van der Waals surface area contributed by atoms with Gasteiger partial charge in [-0.15, -0.1) is 0 Å². The third kappa shape index (κ3) is 4.46. The van der Waals surface area contributed by atoms with Gasteiger partial charge < -0.3 is 9.64 Å². The molecular formula is C48H49NO. The number of fused-ring (bicyclic) bond motifs is 3. The van der Waals surface area contributed by atoms with E-state index in [1.54, 1.807) is 0 Å². The van der Waals surface area contributed by atoms with E-state index in [-0.39, 0.29) is 16.2 Å². The van der Waals surface area contributed by atoms with Crippen molar-refractivity contribution >= 4 is 17.1 Å². The van der Waals surface area contributed by atoms with Crippen molar-refractivity contribution < 1.29 is 4.74 Å². The highest BCUT2D eigenvalue weighted by atomic mass is 16.5. The summed E-state index contributed by atoms with van der Waals surface area (Å²) < 4.78 is 7.16. The molecule has 2 heteroatoms. The van der Waals surface area contributed by atoms with Gasteiger partial charge in [0.1, 0.15) is 11.5 Å². The summed E-state index contributed by atoms with van der Waals surface area (Å²) in [4.78, 5) is 2.46. The zero-order chi connectivity index (χ0) is 33.8. The zero-order valence-electron chi connectivity index (χ0n) is 30.1. The summed E-state index contributed by atoms with van der Waals surface area (Å²) in [6.07, 6.45) is 9.28. The van der Waals surface area contributed by atoms with Gasteiger partial charge >= 0.3 is 0 Å². The molecule has 0 unspecified atom stereocenters. The van der Waals surface area contributed by atoms with Crippen molar-refractivity contribution in [3.63, 3.8) is 0 Å². The lowest BCUT2D eigenvalue weighted by Crippen LogP contribution is -2.57. The van der Waals surface area contributed by atoms with E-state index in [1.165, 1.54) is 89.7 Å². The fourth-order valence-electron chi connectivity index (χ4n) is 11.6. The highest BCUT2D eigenvalue weighted by Gasteiger charge is 2.61. The van der Waals surface area contributed by atoms with Crippen LogP contribution in [0.3, 0.4) is 0 Å². The molecule has 0 atom stereocenters. The Morgan fingerprint density at radius 3 is 1.68 bits per heavy atom. The molecule has 0 aromatic heterocycles. The summed E-state index contributed by atoms with van der Waals surface area (Å²) in [7, 11) is 0. The molecule has 4 saturated carbocycles. The van der Waals surface area contributed by atoms with E-state index >= 15 is 0 Å². The van der Waals surface area contributed by atoms with Crippen molar-refractivity contribution in [1.82, 2.24) is 0 Å². The Labute approximate surface area is 298 Å². The third-order valence-electron chi connectivity index (χ3n) is 14.0. The fraction of sp³-hybridized carbons (Fsp3) is 0.375. The lowest BCUT2D eigenvalue weighted by atomic mass is 9.42. The Balaban J connectivity index is 1.15. The maximum absolute atomic E-state index is 7.16. The van der Waals surface area contributed by atoms with Gasteiger partial charge in [-0.25, -0.2) is 0 Å². The quantitative estimate of drug-likeness (QED) is 0.191. The molecule has 5 aromatic rings. The first kappa shape index (κ1) is 30.5. The number of hydrogen-bond acceptors (Lipinski definition) is 2. The number of para-hydroxylation sites is 1. The molecule has 5 aliphatic carbocycles. The van der Waals surface area contributed by atoms with Crippen LogP contribution >= 0.6 is 0 Å². The lowest BCUT2D eigenvalue weighted by Gasteiger charge is -2.63. The van der Waals surface area contributed by atoms with Crippen LogP contribution in [-0.2, 0) is 16.2 Å². The highest BCUT2D eigenvalue weighted by molar-refractivity contribution is 5.80. The summed E-state index contributed by atoms with van der Waals surface area (Å²) in [6, 6.07) is 43.4. The topological polar surface area (TPSA) is 12.5 Å². The predicted octanol–water partition coefficient (Wildman–Crippen LogP) is 13.0. The standard InChI is InChI=1S/C48H49NO/c1-46(2)21-22-47(3,4)43-29-38(16-19-40(43)46)49(37-13-9-6-10-14-37)39-17-20-42-45(30-39)50-44-28-34(33-11-7-5-8-12-33)15-18-41(44)48(42)35-24-31-23-32(26-35)27-36(48)25-31/h5-20,28-32,35-36H,21-27H2,1-4H3. The molecule has 50 heavy (non-hydrogen) atoms. The number of rotatable bonds is 4. The van der Waals surface area contributed by atoms with Crippen LogP contribution in [0.5, 0.6) is 11.5 Å². The van der Waals surface area contributed by atoms with Crippen LogP contribution in [0.25, 0.3) is 11.1 Å². The first-order chi connectivity index (χ1) is 24.2. The number of anilines is 3. The average Bonchev–Trinajstić information content (AvgIpc) is 3.12. The van der Waals surface area contributed by atoms with Crippen molar-refractivity contribution in [1.29, 1.82) is 0 Å². The number of hydrogen-bond donors (Lipinski definition) is 0. The van der Waals surface area contributed by atoms with Crippen LogP contribution in [-0.4, -0.2) is 0 Å². The van der Waals surface area contributed by atoms with Crippen LogP contribution in [0.1, 0.15) is 94.9 Å². The fourth-order valence-corrected chi connectivity index (χ4v) is 11.6. The van der Waals surface area contributed by atoms with Crippen LogP contribution in [0.4, 0.5) is 17.1 Å². The van der Waals surface area contributed by atoms with Gasteiger partial charge in [0.2, 0.25) is 0 Å². The maximum atomic E-state index is 7.16. The molecule has 2 nitrogen and oxygen atoms in total. The molecular weight excluding hydrogens is 607 g/mol. The Bertz CT molecular complexity index is 2080.